The Morgan fingerprint density at radius 2 is 2.00 bits per heavy atom. The van der Waals surface area contributed by atoms with Crippen LogP contribution < -0.4 is 10.4 Å². The second-order valence-electron chi connectivity index (χ2n) is 8.09. The number of nitrogens with zero attached hydrogens (tertiary/aromatic N) is 2. The molecule has 0 radical (unpaired) electrons. The van der Waals surface area contributed by atoms with Crippen molar-refractivity contribution in [2.75, 3.05) is 6.54 Å². The number of rotatable bonds is 4. The van der Waals surface area contributed by atoms with Gasteiger partial charge in [-0.3, -0.25) is 14.9 Å². The van der Waals surface area contributed by atoms with Crippen molar-refractivity contribution in [1.29, 1.82) is 0 Å². The molecule has 1 amide bonds. The second-order valence-corrected chi connectivity index (χ2v) is 8.09. The molecule has 0 unspecified atom stereocenters. The van der Waals surface area contributed by atoms with Gasteiger partial charge in [-0.25, -0.2) is 0 Å². The number of carbonyl (C=O) groups excluding carboxylic acids is 1. The molecule has 7 nitrogen and oxygen atoms in total. The van der Waals surface area contributed by atoms with E-state index < -0.39 is 16.9 Å². The molecule has 2 aromatic carbocycles. The Morgan fingerprint density at radius 3 is 2.69 bits per heavy atom. The van der Waals surface area contributed by atoms with Gasteiger partial charge in [-0.05, 0) is 26.3 Å². The number of likely N-dealkylation sites (N-methyl/N-ethyl adjacent to an activating group) is 1. The average Bonchev–Trinajstić information content (AvgIpc) is 3.18. The first-order chi connectivity index (χ1) is 13.8. The molecule has 2 heterocycles. The van der Waals surface area contributed by atoms with Crippen LogP contribution in [-0.4, -0.2) is 33.7 Å². The minimum atomic E-state index is -0.623. The summed E-state index contributed by atoms with van der Waals surface area (Å²) in [5.41, 5.74) is 3.07. The number of nitro benzene ring substituents is 1. The molecule has 150 valence electrons. The number of carbonyl (C=O) groups is 1. The minimum absolute atomic E-state index is 0.133. The Morgan fingerprint density at radius 1 is 1.28 bits per heavy atom. The van der Waals surface area contributed by atoms with E-state index in [1.165, 1.54) is 18.2 Å². The minimum Gasteiger partial charge on any atom is -0.872 e. The lowest BCUT2D eigenvalue weighted by atomic mass is 9.76. The molecule has 0 aliphatic carbocycles. The van der Waals surface area contributed by atoms with Gasteiger partial charge in [0.25, 0.3) is 11.6 Å². The molecule has 0 aromatic heterocycles. The zero-order valence-electron chi connectivity index (χ0n) is 16.6. The number of fused-ring (bicyclic) bond motifs is 2. The van der Waals surface area contributed by atoms with Gasteiger partial charge in [0.1, 0.15) is 0 Å². The van der Waals surface area contributed by atoms with Crippen molar-refractivity contribution in [3.8, 4) is 5.75 Å². The Kier molecular flexibility index (Phi) is 4.41. The lowest BCUT2D eigenvalue weighted by Crippen LogP contribution is -2.41. The SMILES string of the molecule is CCNC(=O)[C@@H]1[C@H](c2cc([N+](=O)[O-])ccc2[O-])CC2=[N+]1c1ccccc1C2(C)C. The highest BCUT2D eigenvalue weighted by Crippen LogP contribution is 2.50. The normalized spacial score (nSPS) is 21.6. The molecular weight excluding hydrogens is 370 g/mol. The van der Waals surface area contributed by atoms with Crippen LogP contribution in [0.3, 0.4) is 0 Å². The summed E-state index contributed by atoms with van der Waals surface area (Å²) in [4.78, 5) is 23.9. The third kappa shape index (κ3) is 2.80. The Balaban J connectivity index is 1.88. The molecule has 0 saturated carbocycles. The van der Waals surface area contributed by atoms with E-state index in [0.717, 1.165) is 17.0 Å². The van der Waals surface area contributed by atoms with Crippen molar-refractivity contribution in [2.24, 2.45) is 0 Å². The highest BCUT2D eigenvalue weighted by atomic mass is 16.6. The maximum atomic E-state index is 13.1. The lowest BCUT2D eigenvalue weighted by Gasteiger charge is -2.24. The number of hydrogen-bond donors (Lipinski definition) is 1. The summed E-state index contributed by atoms with van der Waals surface area (Å²) in [5.74, 6) is -0.898. The van der Waals surface area contributed by atoms with Crippen molar-refractivity contribution < 1.29 is 19.4 Å². The molecule has 2 aliphatic rings. The lowest BCUT2D eigenvalue weighted by molar-refractivity contribution is -0.462. The van der Waals surface area contributed by atoms with Gasteiger partial charge in [0, 0.05) is 36.7 Å². The van der Waals surface area contributed by atoms with Gasteiger partial charge in [-0.1, -0.05) is 24.3 Å². The van der Waals surface area contributed by atoms with Crippen molar-refractivity contribution in [2.45, 2.75) is 44.6 Å². The predicted octanol–water partition coefficient (Wildman–Crippen LogP) is 2.74. The van der Waals surface area contributed by atoms with Crippen molar-refractivity contribution in [3.63, 3.8) is 0 Å². The summed E-state index contributed by atoms with van der Waals surface area (Å²) in [6, 6.07) is 11.1. The van der Waals surface area contributed by atoms with E-state index in [1.54, 1.807) is 0 Å². The van der Waals surface area contributed by atoms with Crippen LogP contribution in [-0.2, 0) is 10.2 Å². The maximum Gasteiger partial charge on any atom is 0.289 e. The number of benzene rings is 2. The fourth-order valence-electron chi connectivity index (χ4n) is 4.78. The van der Waals surface area contributed by atoms with Crippen molar-refractivity contribution >= 4 is 23.0 Å². The van der Waals surface area contributed by atoms with Gasteiger partial charge < -0.3 is 10.4 Å². The van der Waals surface area contributed by atoms with Crippen LogP contribution in [0.5, 0.6) is 5.75 Å². The first-order valence-electron chi connectivity index (χ1n) is 9.75. The van der Waals surface area contributed by atoms with Gasteiger partial charge in [0.15, 0.2) is 5.71 Å². The van der Waals surface area contributed by atoms with Gasteiger partial charge in [-0.2, -0.15) is 4.58 Å². The van der Waals surface area contributed by atoms with Crippen molar-refractivity contribution in [1.82, 2.24) is 5.32 Å². The first kappa shape index (κ1) is 19.1. The summed E-state index contributed by atoms with van der Waals surface area (Å²) in [5, 5.41) is 26.8. The number of nitrogens with one attached hydrogen (secondary N) is 1. The molecule has 0 fully saturated rings. The van der Waals surface area contributed by atoms with Gasteiger partial charge in [0.2, 0.25) is 11.7 Å². The molecule has 29 heavy (non-hydrogen) atoms. The largest absolute Gasteiger partial charge is 0.872 e. The molecule has 0 spiro atoms. The number of para-hydroxylation sites is 1. The summed E-state index contributed by atoms with van der Waals surface area (Å²) < 4.78 is 2.04. The summed E-state index contributed by atoms with van der Waals surface area (Å²) in [7, 11) is 0. The Labute approximate surface area is 168 Å². The number of hydrogen-bond acceptors (Lipinski definition) is 4. The average molecular weight is 393 g/mol. The summed E-state index contributed by atoms with van der Waals surface area (Å²) >= 11 is 0. The summed E-state index contributed by atoms with van der Waals surface area (Å²) in [6.45, 7) is 6.55. The van der Waals surface area contributed by atoms with E-state index in [0.29, 0.717) is 18.5 Å². The molecule has 0 saturated heterocycles. The van der Waals surface area contributed by atoms with E-state index in [4.69, 9.17) is 0 Å². The van der Waals surface area contributed by atoms with Crippen LogP contribution in [0.4, 0.5) is 11.4 Å². The molecule has 2 atom stereocenters. The standard InChI is InChI=1S/C22H23N3O4/c1-4-23-21(27)20-15(14-11-13(25(28)29)9-10-18(14)26)12-19-22(2,3)16-7-5-6-8-17(16)24(19)20/h5-11,15,20H,4,12H2,1-3H3,(H-,23,26,27)/t15-,20-/m0/s1. The van der Waals surface area contributed by atoms with Gasteiger partial charge in [0.05, 0.1) is 16.3 Å². The van der Waals surface area contributed by atoms with E-state index in [-0.39, 0.29) is 22.8 Å². The Hall–Kier alpha value is -3.22. The topological polar surface area (TPSA) is 98.3 Å². The van der Waals surface area contributed by atoms with Crippen LogP contribution in [0.1, 0.15) is 44.2 Å². The van der Waals surface area contributed by atoms with Crippen molar-refractivity contribution in [3.05, 3.63) is 63.7 Å². The third-order valence-corrected chi connectivity index (χ3v) is 6.15. The Bertz CT molecular complexity index is 1060. The van der Waals surface area contributed by atoms with E-state index >= 15 is 0 Å². The molecule has 0 bridgehead atoms. The quantitative estimate of drug-likeness (QED) is 0.490. The molecule has 2 aliphatic heterocycles. The molecule has 7 heteroatoms. The van der Waals surface area contributed by atoms with Crippen LogP contribution >= 0.6 is 0 Å². The second kappa shape index (κ2) is 6.69. The third-order valence-electron chi connectivity index (χ3n) is 6.15. The smallest absolute Gasteiger partial charge is 0.289 e. The number of non-ortho nitro benzene ring substituents is 1. The maximum absolute atomic E-state index is 13.1. The van der Waals surface area contributed by atoms with Gasteiger partial charge >= 0.3 is 0 Å². The van der Waals surface area contributed by atoms with E-state index in [2.05, 4.69) is 25.2 Å². The number of amides is 1. The highest BCUT2D eigenvalue weighted by Gasteiger charge is 2.58. The fraction of sp³-hybridized carbons (Fsp3) is 0.364. The van der Waals surface area contributed by atoms with E-state index in [9.17, 15) is 20.0 Å². The van der Waals surface area contributed by atoms with Crippen LogP contribution in [0.2, 0.25) is 0 Å². The molecule has 1 N–H and O–H groups in total. The van der Waals surface area contributed by atoms with Crippen LogP contribution in [0.25, 0.3) is 0 Å². The summed E-state index contributed by atoms with van der Waals surface area (Å²) in [6.07, 6.45) is 0.500. The van der Waals surface area contributed by atoms with Crippen LogP contribution in [0.15, 0.2) is 42.5 Å². The van der Waals surface area contributed by atoms with E-state index in [1.807, 2.05) is 29.7 Å². The highest BCUT2D eigenvalue weighted by molar-refractivity contribution is 5.99. The zero-order chi connectivity index (χ0) is 20.9. The fourth-order valence-corrected chi connectivity index (χ4v) is 4.78. The number of nitro groups is 1. The monoisotopic (exact) mass is 393 g/mol. The van der Waals surface area contributed by atoms with Crippen LogP contribution in [0, 0.1) is 10.1 Å². The molecule has 4 rings (SSSR count). The molecular formula is C22H23N3O4. The molecule has 2 aromatic rings. The first-order valence-corrected chi connectivity index (χ1v) is 9.75. The van der Waals surface area contributed by atoms with Gasteiger partial charge in [-0.15, -0.1) is 5.75 Å². The zero-order valence-corrected chi connectivity index (χ0v) is 16.6. The predicted molar refractivity (Wildman–Crippen MR) is 107 cm³/mol.